The Balaban J connectivity index is 2.25. The maximum atomic E-state index is 12.7. The number of halogens is 1. The van der Waals surface area contributed by atoms with Crippen molar-refractivity contribution in [2.24, 2.45) is 11.1 Å². The van der Waals surface area contributed by atoms with Crippen LogP contribution < -0.4 is 5.73 Å². The van der Waals surface area contributed by atoms with E-state index in [0.717, 1.165) is 12.8 Å². The summed E-state index contributed by atoms with van der Waals surface area (Å²) in [6.07, 6.45) is 2.54. The molecule has 1 fully saturated rings. The van der Waals surface area contributed by atoms with E-state index in [4.69, 9.17) is 17.3 Å². The van der Waals surface area contributed by atoms with Crippen molar-refractivity contribution >= 4 is 21.4 Å². The minimum atomic E-state index is -3.29. The first-order valence-corrected chi connectivity index (χ1v) is 9.04. The van der Waals surface area contributed by atoms with Crippen molar-refractivity contribution in [3.05, 3.63) is 34.9 Å². The van der Waals surface area contributed by atoms with E-state index < -0.39 is 15.1 Å². The van der Waals surface area contributed by atoms with Gasteiger partial charge in [0.25, 0.3) is 0 Å². The van der Waals surface area contributed by atoms with Crippen LogP contribution in [0.4, 0.5) is 0 Å². The zero-order valence-corrected chi connectivity index (χ0v) is 13.5. The van der Waals surface area contributed by atoms with Gasteiger partial charge in [-0.3, -0.25) is 0 Å². The van der Waals surface area contributed by atoms with Crippen molar-refractivity contribution in [2.75, 3.05) is 0 Å². The summed E-state index contributed by atoms with van der Waals surface area (Å²) < 4.78 is 25.3. The van der Waals surface area contributed by atoms with Crippen molar-refractivity contribution in [2.45, 2.75) is 50.2 Å². The van der Waals surface area contributed by atoms with Gasteiger partial charge in [-0.05, 0) is 29.9 Å². The highest BCUT2D eigenvalue weighted by Gasteiger charge is 2.42. The third-order valence-electron chi connectivity index (χ3n) is 4.39. The SMILES string of the molecule is CC1(C)CCCC(S(=O)(=O)Cc2ccccc2Cl)C1N. The first-order valence-electron chi connectivity index (χ1n) is 6.94. The zero-order valence-electron chi connectivity index (χ0n) is 12.0. The lowest BCUT2D eigenvalue weighted by atomic mass is 9.73. The minimum absolute atomic E-state index is 0.0267. The standard InChI is InChI=1S/C15H22ClNO2S/c1-15(2)9-5-8-13(14(15)17)20(18,19)10-11-6-3-4-7-12(11)16/h3-4,6-7,13-14H,5,8-10,17H2,1-2H3. The maximum absolute atomic E-state index is 12.7. The molecule has 0 radical (unpaired) electrons. The summed E-state index contributed by atoms with van der Waals surface area (Å²) in [5.74, 6) is -0.0267. The van der Waals surface area contributed by atoms with Crippen LogP contribution in [-0.4, -0.2) is 19.7 Å². The molecule has 1 saturated carbocycles. The first-order chi connectivity index (χ1) is 9.24. The summed E-state index contributed by atoms with van der Waals surface area (Å²) in [6, 6.07) is 6.77. The Bertz CT molecular complexity index is 583. The summed E-state index contributed by atoms with van der Waals surface area (Å²) in [5, 5.41) is 0.0299. The minimum Gasteiger partial charge on any atom is -0.326 e. The molecule has 0 spiro atoms. The molecule has 112 valence electrons. The fourth-order valence-electron chi connectivity index (χ4n) is 2.95. The summed E-state index contributed by atoms with van der Waals surface area (Å²) >= 11 is 6.07. The van der Waals surface area contributed by atoms with E-state index in [1.165, 1.54) is 0 Å². The highest BCUT2D eigenvalue weighted by atomic mass is 35.5. The summed E-state index contributed by atoms with van der Waals surface area (Å²) in [5.41, 5.74) is 6.75. The molecule has 2 atom stereocenters. The molecule has 5 heteroatoms. The van der Waals surface area contributed by atoms with E-state index in [0.29, 0.717) is 17.0 Å². The number of benzene rings is 1. The molecule has 0 aliphatic heterocycles. The molecular weight excluding hydrogens is 294 g/mol. The van der Waals surface area contributed by atoms with E-state index in [-0.39, 0.29) is 17.2 Å². The van der Waals surface area contributed by atoms with Gasteiger partial charge in [0.2, 0.25) is 0 Å². The molecule has 2 rings (SSSR count). The van der Waals surface area contributed by atoms with E-state index in [1.807, 2.05) is 6.07 Å². The fourth-order valence-corrected chi connectivity index (χ4v) is 5.47. The van der Waals surface area contributed by atoms with Crippen LogP contribution in [0.2, 0.25) is 5.02 Å². The Morgan fingerprint density at radius 2 is 2.00 bits per heavy atom. The molecule has 2 unspecified atom stereocenters. The molecule has 0 bridgehead atoms. The highest BCUT2D eigenvalue weighted by molar-refractivity contribution is 7.91. The second-order valence-corrected chi connectivity index (χ2v) is 8.97. The van der Waals surface area contributed by atoms with Crippen molar-refractivity contribution < 1.29 is 8.42 Å². The number of nitrogens with two attached hydrogens (primary N) is 1. The van der Waals surface area contributed by atoms with E-state index in [1.54, 1.807) is 18.2 Å². The van der Waals surface area contributed by atoms with Gasteiger partial charge in [-0.1, -0.05) is 50.1 Å². The lowest BCUT2D eigenvalue weighted by molar-refractivity contribution is 0.204. The normalized spacial score (nSPS) is 26.4. The largest absolute Gasteiger partial charge is 0.326 e. The van der Waals surface area contributed by atoms with E-state index >= 15 is 0 Å². The molecule has 2 N–H and O–H groups in total. The lowest BCUT2D eigenvalue weighted by Crippen LogP contribution is -2.52. The predicted molar refractivity (Wildman–Crippen MR) is 83.5 cm³/mol. The molecule has 0 amide bonds. The van der Waals surface area contributed by atoms with Gasteiger partial charge in [-0.15, -0.1) is 0 Å². The Hall–Kier alpha value is -0.580. The quantitative estimate of drug-likeness (QED) is 0.932. The molecule has 1 aliphatic carbocycles. The van der Waals surface area contributed by atoms with Crippen molar-refractivity contribution in [3.8, 4) is 0 Å². The monoisotopic (exact) mass is 315 g/mol. The zero-order chi connectivity index (χ0) is 15.0. The van der Waals surface area contributed by atoms with Gasteiger partial charge < -0.3 is 5.73 Å². The van der Waals surface area contributed by atoms with Crippen LogP contribution >= 0.6 is 11.6 Å². The number of hydrogen-bond donors (Lipinski definition) is 1. The van der Waals surface area contributed by atoms with Crippen molar-refractivity contribution in [1.29, 1.82) is 0 Å². The molecule has 0 aromatic heterocycles. The van der Waals surface area contributed by atoms with Crippen LogP contribution in [-0.2, 0) is 15.6 Å². The van der Waals surface area contributed by atoms with E-state index in [2.05, 4.69) is 13.8 Å². The number of rotatable bonds is 3. The summed E-state index contributed by atoms with van der Waals surface area (Å²) in [6.45, 7) is 4.10. The average Bonchev–Trinajstić information content (AvgIpc) is 2.35. The van der Waals surface area contributed by atoms with Gasteiger partial charge in [0, 0.05) is 11.1 Å². The van der Waals surface area contributed by atoms with Crippen LogP contribution in [0, 0.1) is 5.41 Å². The molecule has 0 saturated heterocycles. The van der Waals surface area contributed by atoms with Crippen molar-refractivity contribution in [3.63, 3.8) is 0 Å². The summed E-state index contributed by atoms with van der Waals surface area (Å²) in [4.78, 5) is 0. The lowest BCUT2D eigenvalue weighted by Gasteiger charge is -2.41. The smallest absolute Gasteiger partial charge is 0.158 e. The van der Waals surface area contributed by atoms with Crippen molar-refractivity contribution in [1.82, 2.24) is 0 Å². The molecule has 20 heavy (non-hydrogen) atoms. The van der Waals surface area contributed by atoms with Gasteiger partial charge >= 0.3 is 0 Å². The van der Waals surface area contributed by atoms with Crippen LogP contribution in [0.5, 0.6) is 0 Å². The van der Waals surface area contributed by atoms with Gasteiger partial charge in [-0.25, -0.2) is 8.42 Å². The predicted octanol–water partition coefficient (Wildman–Crippen LogP) is 3.16. The van der Waals surface area contributed by atoms with Gasteiger partial charge in [-0.2, -0.15) is 0 Å². The van der Waals surface area contributed by atoms with Gasteiger partial charge in [0.1, 0.15) is 0 Å². The fraction of sp³-hybridized carbons (Fsp3) is 0.600. The topological polar surface area (TPSA) is 60.2 Å². The maximum Gasteiger partial charge on any atom is 0.158 e. The Labute approximate surface area is 126 Å². The van der Waals surface area contributed by atoms with Crippen LogP contribution in [0.1, 0.15) is 38.7 Å². The molecule has 1 aromatic carbocycles. The van der Waals surface area contributed by atoms with Gasteiger partial charge in [0.05, 0.1) is 11.0 Å². The Morgan fingerprint density at radius 1 is 1.35 bits per heavy atom. The first kappa shape index (κ1) is 15.8. The Kier molecular flexibility index (Phi) is 4.47. The second-order valence-electron chi connectivity index (χ2n) is 6.34. The van der Waals surface area contributed by atoms with Crippen LogP contribution in [0.3, 0.4) is 0 Å². The molecule has 1 aliphatic rings. The average molecular weight is 316 g/mol. The molecule has 1 aromatic rings. The Morgan fingerprint density at radius 3 is 2.65 bits per heavy atom. The highest BCUT2D eigenvalue weighted by Crippen LogP contribution is 2.38. The van der Waals surface area contributed by atoms with Gasteiger partial charge in [0.15, 0.2) is 9.84 Å². The van der Waals surface area contributed by atoms with Crippen LogP contribution in [0.25, 0.3) is 0 Å². The third-order valence-corrected chi connectivity index (χ3v) is 6.92. The third kappa shape index (κ3) is 3.18. The number of hydrogen-bond acceptors (Lipinski definition) is 3. The summed E-state index contributed by atoms with van der Waals surface area (Å²) in [7, 11) is -3.29. The van der Waals surface area contributed by atoms with E-state index in [9.17, 15) is 8.42 Å². The second kappa shape index (κ2) is 5.66. The molecule has 0 heterocycles. The molecule has 3 nitrogen and oxygen atoms in total. The number of sulfone groups is 1. The van der Waals surface area contributed by atoms with Crippen LogP contribution in [0.15, 0.2) is 24.3 Å². The molecular formula is C15H22ClNO2S.